The first kappa shape index (κ1) is 16.2. The molecular formula is C14H22N2O4S. The van der Waals surface area contributed by atoms with E-state index in [0.29, 0.717) is 13.1 Å². The second kappa shape index (κ2) is 6.74. The van der Waals surface area contributed by atoms with Gasteiger partial charge in [0.25, 0.3) is 0 Å². The number of hydrogen-bond donors (Lipinski definition) is 1. The minimum Gasteiger partial charge on any atom is -0.385 e. The van der Waals surface area contributed by atoms with Gasteiger partial charge in [0.2, 0.25) is 10.0 Å². The summed E-state index contributed by atoms with van der Waals surface area (Å²) in [6.45, 7) is 3.41. The van der Waals surface area contributed by atoms with Crippen molar-refractivity contribution in [1.29, 1.82) is 0 Å². The molecule has 1 aliphatic heterocycles. The summed E-state index contributed by atoms with van der Waals surface area (Å²) in [4.78, 5) is 0.288. The molecule has 0 spiro atoms. The molecule has 1 fully saturated rings. The molecule has 1 aliphatic rings. The third-order valence-corrected chi connectivity index (χ3v) is 5.51. The monoisotopic (exact) mass is 314 g/mol. The summed E-state index contributed by atoms with van der Waals surface area (Å²) in [5, 5.41) is 3.14. The van der Waals surface area contributed by atoms with E-state index in [1.54, 1.807) is 38.5 Å². The average Bonchev–Trinajstić information content (AvgIpc) is 2.92. The lowest BCUT2D eigenvalue weighted by atomic mass is 10.3. The van der Waals surface area contributed by atoms with Crippen LogP contribution in [0.4, 0.5) is 5.69 Å². The van der Waals surface area contributed by atoms with Crippen molar-refractivity contribution >= 4 is 15.7 Å². The first-order chi connectivity index (χ1) is 10.0. The van der Waals surface area contributed by atoms with Gasteiger partial charge in [-0.25, -0.2) is 8.42 Å². The van der Waals surface area contributed by atoms with E-state index in [2.05, 4.69) is 5.32 Å². The van der Waals surface area contributed by atoms with Crippen molar-refractivity contribution in [2.45, 2.75) is 24.0 Å². The van der Waals surface area contributed by atoms with E-state index in [9.17, 15) is 8.42 Å². The van der Waals surface area contributed by atoms with E-state index in [-0.39, 0.29) is 17.1 Å². The molecule has 118 valence electrons. The van der Waals surface area contributed by atoms with Crippen LogP contribution in [0.3, 0.4) is 0 Å². The number of anilines is 1. The molecule has 0 aromatic heterocycles. The summed E-state index contributed by atoms with van der Waals surface area (Å²) in [6.07, 6.45) is -0.461. The summed E-state index contributed by atoms with van der Waals surface area (Å²) in [6, 6.07) is 6.78. The highest BCUT2D eigenvalue weighted by Crippen LogP contribution is 2.24. The lowest BCUT2D eigenvalue weighted by Crippen LogP contribution is -2.30. The van der Waals surface area contributed by atoms with Crippen LogP contribution in [0.2, 0.25) is 0 Å². The Labute approximate surface area is 126 Å². The Hall–Kier alpha value is -1.15. The molecule has 1 N–H and O–H groups in total. The van der Waals surface area contributed by atoms with Gasteiger partial charge in [-0.3, -0.25) is 0 Å². The Balaban J connectivity index is 2.18. The Kier molecular flexibility index (Phi) is 5.21. The van der Waals surface area contributed by atoms with Crippen molar-refractivity contribution in [2.24, 2.45) is 0 Å². The van der Waals surface area contributed by atoms with E-state index < -0.39 is 10.0 Å². The summed E-state index contributed by atoms with van der Waals surface area (Å²) in [5.41, 5.74) is 0.905. The van der Waals surface area contributed by atoms with Gasteiger partial charge in [-0.05, 0) is 31.2 Å². The summed E-state index contributed by atoms with van der Waals surface area (Å²) < 4.78 is 37.2. The Morgan fingerprint density at radius 3 is 2.10 bits per heavy atom. The van der Waals surface area contributed by atoms with Crippen molar-refractivity contribution < 1.29 is 17.9 Å². The minimum absolute atomic E-state index is 0.231. The molecule has 2 rings (SSSR count). The highest BCUT2D eigenvalue weighted by atomic mass is 32.2. The molecular weight excluding hydrogens is 292 g/mol. The highest BCUT2D eigenvalue weighted by molar-refractivity contribution is 7.89. The van der Waals surface area contributed by atoms with Gasteiger partial charge in [0, 0.05) is 39.5 Å². The van der Waals surface area contributed by atoms with Gasteiger partial charge in [-0.15, -0.1) is 0 Å². The zero-order chi connectivity index (χ0) is 15.5. The lowest BCUT2D eigenvalue weighted by molar-refractivity contribution is -0.00461. The van der Waals surface area contributed by atoms with Crippen LogP contribution in [0.25, 0.3) is 0 Å². The maximum Gasteiger partial charge on any atom is 0.243 e. The number of nitrogens with zero attached hydrogens (tertiary/aromatic N) is 1. The topological polar surface area (TPSA) is 67.9 Å². The van der Waals surface area contributed by atoms with Gasteiger partial charge in [0.1, 0.15) is 0 Å². The zero-order valence-electron chi connectivity index (χ0n) is 12.6. The summed E-state index contributed by atoms with van der Waals surface area (Å²) in [7, 11) is -0.376. The first-order valence-corrected chi connectivity index (χ1v) is 8.36. The zero-order valence-corrected chi connectivity index (χ0v) is 13.4. The van der Waals surface area contributed by atoms with Crippen LogP contribution < -0.4 is 5.32 Å². The predicted octanol–water partition coefficient (Wildman–Crippen LogP) is 1.15. The molecule has 0 bridgehead atoms. The quantitative estimate of drug-likeness (QED) is 0.853. The summed E-state index contributed by atoms with van der Waals surface area (Å²) >= 11 is 0. The minimum atomic E-state index is -3.51. The number of sulfonamides is 1. The third-order valence-electron chi connectivity index (χ3n) is 3.66. The maximum atomic E-state index is 12.6. The van der Waals surface area contributed by atoms with Crippen LogP contribution in [-0.2, 0) is 19.5 Å². The number of nitrogens with one attached hydrogen (secondary N) is 1. The van der Waals surface area contributed by atoms with Crippen LogP contribution in [-0.4, -0.2) is 58.8 Å². The Morgan fingerprint density at radius 1 is 1.14 bits per heavy atom. The van der Waals surface area contributed by atoms with Crippen molar-refractivity contribution in [1.82, 2.24) is 4.31 Å². The summed E-state index contributed by atoms with van der Waals surface area (Å²) in [5.74, 6) is 0. The van der Waals surface area contributed by atoms with Gasteiger partial charge in [-0.1, -0.05) is 0 Å². The number of rotatable bonds is 6. The third kappa shape index (κ3) is 3.37. The number of benzene rings is 1. The van der Waals surface area contributed by atoms with Crippen LogP contribution in [0, 0.1) is 0 Å². The second-order valence-electron chi connectivity index (χ2n) is 4.93. The fraction of sp³-hybridized carbons (Fsp3) is 0.571. The number of methoxy groups -OCH3 is 2. The van der Waals surface area contributed by atoms with Gasteiger partial charge < -0.3 is 14.8 Å². The second-order valence-corrected chi connectivity index (χ2v) is 6.86. The van der Waals surface area contributed by atoms with Gasteiger partial charge in [0.05, 0.1) is 17.1 Å². The van der Waals surface area contributed by atoms with Crippen LogP contribution in [0.15, 0.2) is 29.2 Å². The van der Waals surface area contributed by atoms with Gasteiger partial charge >= 0.3 is 0 Å². The maximum absolute atomic E-state index is 12.6. The van der Waals surface area contributed by atoms with Crippen molar-refractivity contribution in [3.63, 3.8) is 0 Å². The predicted molar refractivity (Wildman–Crippen MR) is 81.0 cm³/mol. The molecule has 0 aliphatic carbocycles. The fourth-order valence-electron chi connectivity index (χ4n) is 2.46. The molecule has 2 atom stereocenters. The van der Waals surface area contributed by atoms with E-state index >= 15 is 0 Å². The molecule has 6 nitrogen and oxygen atoms in total. The van der Waals surface area contributed by atoms with E-state index in [1.807, 2.05) is 6.92 Å². The first-order valence-electron chi connectivity index (χ1n) is 6.92. The standard InChI is InChI=1S/C14H22N2O4S/c1-4-15-11-5-7-12(8-6-11)21(17,18)16-9-13(19-2)14(10-16)20-3/h5-8,13-15H,4,9-10H2,1-3H3. The molecule has 21 heavy (non-hydrogen) atoms. The normalized spacial score (nSPS) is 23.4. The molecule has 1 aromatic rings. The smallest absolute Gasteiger partial charge is 0.243 e. The Morgan fingerprint density at radius 2 is 1.67 bits per heavy atom. The van der Waals surface area contributed by atoms with Crippen LogP contribution in [0.5, 0.6) is 0 Å². The number of ether oxygens (including phenoxy) is 2. The molecule has 1 aromatic carbocycles. The number of hydrogen-bond acceptors (Lipinski definition) is 5. The van der Waals surface area contributed by atoms with Crippen molar-refractivity contribution in [2.75, 3.05) is 39.2 Å². The Bertz CT molecular complexity index is 547. The molecule has 0 amide bonds. The molecule has 0 saturated carbocycles. The van der Waals surface area contributed by atoms with Gasteiger partial charge in [0.15, 0.2) is 0 Å². The van der Waals surface area contributed by atoms with E-state index in [1.165, 1.54) is 4.31 Å². The fourth-order valence-corrected chi connectivity index (χ4v) is 3.92. The van der Waals surface area contributed by atoms with Crippen LogP contribution in [0.1, 0.15) is 6.92 Å². The van der Waals surface area contributed by atoms with Crippen molar-refractivity contribution in [3.8, 4) is 0 Å². The SMILES string of the molecule is CCNc1ccc(S(=O)(=O)N2CC(OC)C(OC)C2)cc1. The largest absolute Gasteiger partial charge is 0.385 e. The molecule has 1 heterocycles. The van der Waals surface area contributed by atoms with E-state index in [4.69, 9.17) is 9.47 Å². The van der Waals surface area contributed by atoms with Gasteiger partial charge in [-0.2, -0.15) is 4.31 Å². The van der Waals surface area contributed by atoms with Crippen molar-refractivity contribution in [3.05, 3.63) is 24.3 Å². The average molecular weight is 314 g/mol. The molecule has 2 unspecified atom stereocenters. The molecule has 7 heteroatoms. The molecule has 1 saturated heterocycles. The van der Waals surface area contributed by atoms with E-state index in [0.717, 1.165) is 12.2 Å². The van der Waals surface area contributed by atoms with Crippen LogP contribution >= 0.6 is 0 Å². The highest BCUT2D eigenvalue weighted by Gasteiger charge is 2.39. The molecule has 0 radical (unpaired) electrons. The lowest BCUT2D eigenvalue weighted by Gasteiger charge is -2.16.